The molecule has 6 nitrogen and oxygen atoms in total. The van der Waals surface area contributed by atoms with E-state index in [4.69, 9.17) is 4.74 Å². The molecule has 0 bridgehead atoms. The first-order valence-corrected chi connectivity index (χ1v) is 8.43. The maximum absolute atomic E-state index is 13.1. The fourth-order valence-electron chi connectivity index (χ4n) is 3.09. The second-order valence-corrected chi connectivity index (χ2v) is 6.26. The molecule has 0 saturated carbocycles. The average Bonchev–Trinajstić information content (AvgIpc) is 2.95. The van der Waals surface area contributed by atoms with E-state index in [1.54, 1.807) is 36.4 Å². The molecule has 1 heterocycles. The van der Waals surface area contributed by atoms with E-state index in [0.29, 0.717) is 17.0 Å². The van der Waals surface area contributed by atoms with Gasteiger partial charge in [-0.25, -0.2) is 9.29 Å². The minimum atomic E-state index is -0.887. The molecule has 0 aliphatic carbocycles. The molecule has 0 spiro atoms. The normalized spacial score (nSPS) is 16.6. The highest BCUT2D eigenvalue weighted by Gasteiger charge is 2.43. The third-order valence-corrected chi connectivity index (χ3v) is 4.50. The summed E-state index contributed by atoms with van der Waals surface area (Å²) in [7, 11) is 1.53. The summed E-state index contributed by atoms with van der Waals surface area (Å²) in [5, 5.41) is 0. The van der Waals surface area contributed by atoms with E-state index in [-0.39, 0.29) is 30.6 Å². The molecule has 1 aliphatic heterocycles. The molecule has 0 N–H and O–H groups in total. The van der Waals surface area contributed by atoms with Crippen LogP contribution in [0.4, 0.5) is 10.1 Å². The monoisotopic (exact) mass is 370 g/mol. The highest BCUT2D eigenvalue weighted by molar-refractivity contribution is 6.23. The molecule has 2 aromatic rings. The van der Waals surface area contributed by atoms with Crippen molar-refractivity contribution < 1.29 is 23.5 Å². The van der Waals surface area contributed by atoms with Crippen LogP contribution >= 0.6 is 0 Å². The minimum absolute atomic E-state index is 0.0916. The van der Waals surface area contributed by atoms with Crippen molar-refractivity contribution in [1.29, 1.82) is 0 Å². The second kappa shape index (κ2) is 7.57. The van der Waals surface area contributed by atoms with Crippen LogP contribution in [0.2, 0.25) is 0 Å². The predicted molar refractivity (Wildman–Crippen MR) is 96.5 cm³/mol. The van der Waals surface area contributed by atoms with E-state index >= 15 is 0 Å². The quantitative estimate of drug-likeness (QED) is 0.759. The summed E-state index contributed by atoms with van der Waals surface area (Å²) >= 11 is 0. The van der Waals surface area contributed by atoms with Crippen LogP contribution in [0.3, 0.4) is 0 Å². The van der Waals surface area contributed by atoms with Crippen molar-refractivity contribution in [3.8, 4) is 5.75 Å². The molecule has 3 rings (SSSR count). The molecular weight excluding hydrogens is 351 g/mol. The van der Waals surface area contributed by atoms with Gasteiger partial charge in [-0.05, 0) is 42.0 Å². The van der Waals surface area contributed by atoms with E-state index in [2.05, 4.69) is 0 Å². The lowest BCUT2D eigenvalue weighted by atomic mass is 10.1. The van der Waals surface area contributed by atoms with Crippen LogP contribution < -0.4 is 9.64 Å². The first kappa shape index (κ1) is 18.6. The Labute approximate surface area is 156 Å². The van der Waals surface area contributed by atoms with E-state index in [1.807, 2.05) is 0 Å². The molecule has 1 unspecified atom stereocenters. The van der Waals surface area contributed by atoms with Gasteiger partial charge in [-0.1, -0.05) is 12.1 Å². The lowest BCUT2D eigenvalue weighted by molar-refractivity contribution is -0.137. The fraction of sp³-hybridized carbons (Fsp3) is 0.250. The molecule has 1 aliphatic rings. The van der Waals surface area contributed by atoms with Crippen molar-refractivity contribution in [2.45, 2.75) is 25.9 Å². The van der Waals surface area contributed by atoms with Gasteiger partial charge in [0.2, 0.25) is 11.8 Å². The number of nitrogens with zero attached hydrogens (tertiary/aromatic N) is 2. The van der Waals surface area contributed by atoms with Gasteiger partial charge in [0.05, 0.1) is 19.2 Å². The van der Waals surface area contributed by atoms with Crippen LogP contribution in [0, 0.1) is 5.82 Å². The third kappa shape index (κ3) is 3.81. The molecule has 0 aromatic heterocycles. The van der Waals surface area contributed by atoms with Crippen molar-refractivity contribution in [3.05, 3.63) is 59.9 Å². The number of hydrogen-bond acceptors (Lipinski definition) is 4. The Bertz CT molecular complexity index is 865. The molecule has 2 aromatic carbocycles. The van der Waals surface area contributed by atoms with Crippen molar-refractivity contribution in [1.82, 2.24) is 4.90 Å². The zero-order valence-corrected chi connectivity index (χ0v) is 15.0. The molecular formula is C20H19FN2O4. The molecule has 3 amide bonds. The van der Waals surface area contributed by atoms with Gasteiger partial charge in [-0.15, -0.1) is 0 Å². The number of hydrogen-bond donors (Lipinski definition) is 0. The van der Waals surface area contributed by atoms with Crippen LogP contribution in [-0.2, 0) is 20.9 Å². The SMILES string of the molecule is COc1ccc(N2C(=O)CC(N(Cc3ccc(F)cc3)C(C)=O)C2=O)cc1. The van der Waals surface area contributed by atoms with Crippen LogP contribution in [0.1, 0.15) is 18.9 Å². The number of amides is 3. The van der Waals surface area contributed by atoms with E-state index in [0.717, 1.165) is 4.90 Å². The number of ether oxygens (including phenoxy) is 1. The average molecular weight is 370 g/mol. The van der Waals surface area contributed by atoms with Crippen LogP contribution in [0.15, 0.2) is 48.5 Å². The zero-order chi connectivity index (χ0) is 19.6. The summed E-state index contributed by atoms with van der Waals surface area (Å²) in [6.45, 7) is 1.47. The summed E-state index contributed by atoms with van der Waals surface area (Å²) in [6.07, 6.45) is -0.0916. The third-order valence-electron chi connectivity index (χ3n) is 4.50. The van der Waals surface area contributed by atoms with Crippen molar-refractivity contribution in [3.63, 3.8) is 0 Å². The Morgan fingerprint density at radius 2 is 1.78 bits per heavy atom. The van der Waals surface area contributed by atoms with Crippen LogP contribution in [0.25, 0.3) is 0 Å². The summed E-state index contributed by atoms with van der Waals surface area (Å²) in [4.78, 5) is 39.9. The Balaban J connectivity index is 1.83. The number of rotatable bonds is 5. The van der Waals surface area contributed by atoms with Gasteiger partial charge in [-0.3, -0.25) is 14.4 Å². The van der Waals surface area contributed by atoms with Crippen LogP contribution in [0.5, 0.6) is 5.75 Å². The lowest BCUT2D eigenvalue weighted by Crippen LogP contribution is -2.44. The van der Waals surface area contributed by atoms with Crippen molar-refractivity contribution in [2.24, 2.45) is 0 Å². The molecule has 1 fully saturated rings. The molecule has 140 valence electrons. The number of imide groups is 1. The number of carbonyl (C=O) groups excluding carboxylic acids is 3. The van der Waals surface area contributed by atoms with Crippen molar-refractivity contribution >= 4 is 23.4 Å². The Kier molecular flexibility index (Phi) is 5.21. The molecule has 7 heteroatoms. The molecule has 1 saturated heterocycles. The first-order chi connectivity index (χ1) is 12.9. The van der Waals surface area contributed by atoms with E-state index < -0.39 is 11.9 Å². The lowest BCUT2D eigenvalue weighted by Gasteiger charge is -2.26. The van der Waals surface area contributed by atoms with Gasteiger partial charge in [0, 0.05) is 13.5 Å². The number of carbonyl (C=O) groups is 3. The smallest absolute Gasteiger partial charge is 0.257 e. The summed E-state index contributed by atoms with van der Waals surface area (Å²) in [5.74, 6) is -0.938. The number of methoxy groups -OCH3 is 1. The Morgan fingerprint density at radius 3 is 2.33 bits per heavy atom. The van der Waals surface area contributed by atoms with Crippen LogP contribution in [-0.4, -0.2) is 35.8 Å². The minimum Gasteiger partial charge on any atom is -0.497 e. The van der Waals surface area contributed by atoms with Crippen molar-refractivity contribution in [2.75, 3.05) is 12.0 Å². The molecule has 27 heavy (non-hydrogen) atoms. The highest BCUT2D eigenvalue weighted by atomic mass is 19.1. The van der Waals surface area contributed by atoms with Gasteiger partial charge in [-0.2, -0.15) is 0 Å². The van der Waals surface area contributed by atoms with Gasteiger partial charge >= 0.3 is 0 Å². The van der Waals surface area contributed by atoms with Gasteiger partial charge < -0.3 is 9.64 Å². The summed E-state index contributed by atoms with van der Waals surface area (Å²) in [6, 6.07) is 11.3. The maximum atomic E-state index is 13.1. The topological polar surface area (TPSA) is 66.9 Å². The number of halogens is 1. The first-order valence-electron chi connectivity index (χ1n) is 8.43. The van der Waals surface area contributed by atoms with E-state index in [1.165, 1.54) is 31.1 Å². The second-order valence-electron chi connectivity index (χ2n) is 6.26. The Hall–Kier alpha value is -3.22. The largest absolute Gasteiger partial charge is 0.497 e. The Morgan fingerprint density at radius 1 is 1.15 bits per heavy atom. The standard InChI is InChI=1S/C20H19FN2O4/c1-13(24)22(12-14-3-5-15(21)6-4-14)18-11-19(25)23(20(18)26)16-7-9-17(27-2)10-8-16/h3-10,18H,11-12H2,1-2H3. The zero-order valence-electron chi connectivity index (χ0n) is 15.0. The highest BCUT2D eigenvalue weighted by Crippen LogP contribution is 2.28. The van der Waals surface area contributed by atoms with Gasteiger partial charge in [0.1, 0.15) is 17.6 Å². The fourth-order valence-corrected chi connectivity index (χ4v) is 3.09. The molecule has 1 atom stereocenters. The molecule has 0 radical (unpaired) electrons. The van der Waals surface area contributed by atoms with Gasteiger partial charge in [0.15, 0.2) is 0 Å². The maximum Gasteiger partial charge on any atom is 0.257 e. The van der Waals surface area contributed by atoms with Gasteiger partial charge in [0.25, 0.3) is 5.91 Å². The predicted octanol–water partition coefficient (Wildman–Crippen LogP) is 2.51. The summed E-state index contributed by atoms with van der Waals surface area (Å²) < 4.78 is 18.2. The van der Waals surface area contributed by atoms with E-state index in [9.17, 15) is 18.8 Å². The number of benzene rings is 2. The number of anilines is 1. The summed E-state index contributed by atoms with van der Waals surface area (Å²) in [5.41, 5.74) is 1.10.